The average Bonchev–Trinajstić information content (AvgIpc) is 2.04. The zero-order valence-corrected chi connectivity index (χ0v) is 8.76. The maximum Gasteiger partial charge on any atom is 0.177 e. The molecule has 0 aliphatic carbocycles. The Bertz CT molecular complexity index is 379. The molecule has 3 heteroatoms. The molecule has 1 aromatic carbocycles. The molecule has 0 N–H and O–H groups in total. The van der Waals surface area contributed by atoms with Gasteiger partial charge in [0.15, 0.2) is 5.78 Å². The summed E-state index contributed by atoms with van der Waals surface area (Å²) in [5, 5.41) is 8.36. The first kappa shape index (κ1) is 9.94. The first-order valence-corrected chi connectivity index (χ1v) is 4.60. The molecule has 0 aliphatic rings. The predicted molar refractivity (Wildman–Crippen MR) is 53.4 cm³/mol. The quantitative estimate of drug-likeness (QED) is 0.743. The van der Waals surface area contributed by atoms with Crippen molar-refractivity contribution in [2.45, 2.75) is 13.3 Å². The van der Waals surface area contributed by atoms with Crippen molar-refractivity contribution in [3.8, 4) is 6.07 Å². The summed E-state index contributed by atoms with van der Waals surface area (Å²) in [7, 11) is 0. The van der Waals surface area contributed by atoms with Crippen molar-refractivity contribution in [1.82, 2.24) is 0 Å². The fourth-order valence-corrected chi connectivity index (χ4v) is 1.58. The Morgan fingerprint density at radius 1 is 1.62 bits per heavy atom. The highest BCUT2D eigenvalue weighted by Crippen LogP contribution is 2.16. The SMILES string of the molecule is Cc1cc(Br)ccc1C(=O)CC#N. The summed E-state index contributed by atoms with van der Waals surface area (Å²) in [6.07, 6.45) is -0.0531. The van der Waals surface area contributed by atoms with Gasteiger partial charge in [0.05, 0.1) is 12.5 Å². The monoisotopic (exact) mass is 237 g/mol. The summed E-state index contributed by atoms with van der Waals surface area (Å²) in [4.78, 5) is 11.3. The van der Waals surface area contributed by atoms with Gasteiger partial charge in [0.25, 0.3) is 0 Å². The Morgan fingerprint density at radius 3 is 2.85 bits per heavy atom. The second-order valence-electron chi connectivity index (χ2n) is 2.72. The van der Waals surface area contributed by atoms with Gasteiger partial charge < -0.3 is 0 Å². The maximum absolute atomic E-state index is 11.3. The van der Waals surface area contributed by atoms with Gasteiger partial charge in [-0.3, -0.25) is 4.79 Å². The van der Waals surface area contributed by atoms with E-state index in [-0.39, 0.29) is 12.2 Å². The van der Waals surface area contributed by atoms with Crippen LogP contribution in [0.5, 0.6) is 0 Å². The lowest BCUT2D eigenvalue weighted by Crippen LogP contribution is -1.99. The van der Waals surface area contributed by atoms with E-state index >= 15 is 0 Å². The molecule has 0 heterocycles. The molecule has 0 bridgehead atoms. The van der Waals surface area contributed by atoms with E-state index in [0.717, 1.165) is 10.0 Å². The van der Waals surface area contributed by atoms with Gasteiger partial charge in [0.1, 0.15) is 0 Å². The Kier molecular flexibility index (Phi) is 3.21. The van der Waals surface area contributed by atoms with Crippen LogP contribution in [-0.4, -0.2) is 5.78 Å². The summed E-state index contributed by atoms with van der Waals surface area (Å²) in [6.45, 7) is 1.86. The highest BCUT2D eigenvalue weighted by atomic mass is 79.9. The third-order valence-electron chi connectivity index (χ3n) is 1.73. The van der Waals surface area contributed by atoms with E-state index in [1.807, 2.05) is 19.1 Å². The highest BCUT2D eigenvalue weighted by molar-refractivity contribution is 9.10. The van der Waals surface area contributed by atoms with E-state index in [9.17, 15) is 4.79 Å². The van der Waals surface area contributed by atoms with Crippen LogP contribution < -0.4 is 0 Å². The number of hydrogen-bond donors (Lipinski definition) is 0. The minimum Gasteiger partial charge on any atom is -0.293 e. The number of carbonyl (C=O) groups is 1. The minimum absolute atomic E-state index is 0.0531. The van der Waals surface area contributed by atoms with Crippen LogP contribution in [0.15, 0.2) is 22.7 Å². The normalized spacial score (nSPS) is 9.31. The van der Waals surface area contributed by atoms with Gasteiger partial charge in [-0.1, -0.05) is 15.9 Å². The maximum atomic E-state index is 11.3. The lowest BCUT2D eigenvalue weighted by molar-refractivity contribution is 0.0997. The topological polar surface area (TPSA) is 40.9 Å². The molecule has 0 aliphatic heterocycles. The number of rotatable bonds is 2. The fourth-order valence-electron chi connectivity index (χ4n) is 1.11. The number of hydrogen-bond acceptors (Lipinski definition) is 2. The molecule has 0 aromatic heterocycles. The van der Waals surface area contributed by atoms with Crippen molar-refractivity contribution in [1.29, 1.82) is 5.26 Å². The number of aryl methyl sites for hydroxylation is 1. The lowest BCUT2D eigenvalue weighted by Gasteiger charge is -2.01. The van der Waals surface area contributed by atoms with Crippen molar-refractivity contribution in [2.24, 2.45) is 0 Å². The van der Waals surface area contributed by atoms with Gasteiger partial charge >= 0.3 is 0 Å². The Morgan fingerprint density at radius 2 is 2.31 bits per heavy atom. The Labute approximate surface area is 85.3 Å². The molecule has 0 atom stereocenters. The summed E-state index contributed by atoms with van der Waals surface area (Å²) in [6, 6.07) is 7.25. The molecule has 66 valence electrons. The average molecular weight is 238 g/mol. The molecule has 0 radical (unpaired) electrons. The van der Waals surface area contributed by atoms with Gasteiger partial charge in [-0.2, -0.15) is 5.26 Å². The largest absolute Gasteiger partial charge is 0.293 e. The number of ketones is 1. The number of carbonyl (C=O) groups excluding carboxylic acids is 1. The first-order chi connectivity index (χ1) is 6.15. The van der Waals surface area contributed by atoms with Crippen molar-refractivity contribution in [3.63, 3.8) is 0 Å². The summed E-state index contributed by atoms with van der Waals surface area (Å²) in [5.41, 5.74) is 1.53. The van der Waals surface area contributed by atoms with Crippen molar-refractivity contribution < 1.29 is 4.79 Å². The number of Topliss-reactive ketones (excluding diaryl/α,β-unsaturated/α-hetero) is 1. The highest BCUT2D eigenvalue weighted by Gasteiger charge is 2.07. The first-order valence-electron chi connectivity index (χ1n) is 3.81. The van der Waals surface area contributed by atoms with Gasteiger partial charge in [-0.25, -0.2) is 0 Å². The summed E-state index contributed by atoms with van der Waals surface area (Å²) >= 11 is 3.31. The lowest BCUT2D eigenvalue weighted by atomic mass is 10.0. The van der Waals surface area contributed by atoms with E-state index in [1.54, 1.807) is 12.1 Å². The van der Waals surface area contributed by atoms with E-state index < -0.39 is 0 Å². The number of nitrogens with zero attached hydrogens (tertiary/aromatic N) is 1. The third-order valence-corrected chi connectivity index (χ3v) is 2.22. The zero-order valence-electron chi connectivity index (χ0n) is 7.17. The van der Waals surface area contributed by atoms with Crippen LogP contribution >= 0.6 is 15.9 Å². The van der Waals surface area contributed by atoms with Crippen LogP contribution in [0.25, 0.3) is 0 Å². The number of nitriles is 1. The summed E-state index contributed by atoms with van der Waals surface area (Å²) < 4.78 is 0.943. The molecule has 0 amide bonds. The summed E-state index contributed by atoms with van der Waals surface area (Å²) in [5.74, 6) is -0.118. The molecule has 0 saturated heterocycles. The molecule has 0 unspecified atom stereocenters. The van der Waals surface area contributed by atoms with Gasteiger partial charge in [-0.05, 0) is 30.7 Å². The molecule has 0 fully saturated rings. The van der Waals surface area contributed by atoms with Crippen LogP contribution in [0.2, 0.25) is 0 Å². The Hall–Kier alpha value is -1.14. The van der Waals surface area contributed by atoms with E-state index in [1.165, 1.54) is 0 Å². The molecule has 0 saturated carbocycles. The van der Waals surface area contributed by atoms with Crippen molar-refractivity contribution >= 4 is 21.7 Å². The fraction of sp³-hybridized carbons (Fsp3) is 0.200. The van der Waals surface area contributed by atoms with E-state index in [0.29, 0.717) is 5.56 Å². The second kappa shape index (κ2) is 4.20. The smallest absolute Gasteiger partial charge is 0.177 e. The van der Waals surface area contributed by atoms with Gasteiger partial charge in [0.2, 0.25) is 0 Å². The van der Waals surface area contributed by atoms with E-state index in [2.05, 4.69) is 15.9 Å². The molecule has 13 heavy (non-hydrogen) atoms. The molecular weight excluding hydrogens is 230 g/mol. The third kappa shape index (κ3) is 2.40. The minimum atomic E-state index is -0.118. The molecule has 1 rings (SSSR count). The Balaban J connectivity index is 3.03. The molecule has 2 nitrogen and oxygen atoms in total. The van der Waals surface area contributed by atoms with Gasteiger partial charge in [0, 0.05) is 10.0 Å². The number of halogens is 1. The van der Waals surface area contributed by atoms with Gasteiger partial charge in [-0.15, -0.1) is 0 Å². The standard InChI is InChI=1S/C10H8BrNO/c1-7-6-8(11)2-3-9(7)10(13)4-5-12/h2-3,6H,4H2,1H3. The van der Waals surface area contributed by atoms with Crippen molar-refractivity contribution in [3.05, 3.63) is 33.8 Å². The van der Waals surface area contributed by atoms with Crippen LogP contribution in [0.4, 0.5) is 0 Å². The van der Waals surface area contributed by atoms with Crippen LogP contribution in [0.1, 0.15) is 22.3 Å². The van der Waals surface area contributed by atoms with Crippen LogP contribution in [-0.2, 0) is 0 Å². The molecule has 1 aromatic rings. The van der Waals surface area contributed by atoms with Crippen LogP contribution in [0, 0.1) is 18.3 Å². The zero-order chi connectivity index (χ0) is 9.84. The second-order valence-corrected chi connectivity index (χ2v) is 3.63. The van der Waals surface area contributed by atoms with Crippen molar-refractivity contribution in [2.75, 3.05) is 0 Å². The molecular formula is C10H8BrNO. The molecule has 0 spiro atoms. The number of benzene rings is 1. The van der Waals surface area contributed by atoms with E-state index in [4.69, 9.17) is 5.26 Å². The van der Waals surface area contributed by atoms with Crippen LogP contribution in [0.3, 0.4) is 0 Å². The predicted octanol–water partition coefficient (Wildman–Crippen LogP) is 2.85.